The third kappa shape index (κ3) is 3.77. The first-order valence-electron chi connectivity index (χ1n) is 4.29. The third-order valence-corrected chi connectivity index (χ3v) is 1.91. The molecule has 0 fully saturated rings. The molecule has 0 aromatic heterocycles. The van der Waals surface area contributed by atoms with Gasteiger partial charge in [-0.05, 0) is 31.9 Å². The van der Waals surface area contributed by atoms with Crippen molar-refractivity contribution in [2.24, 2.45) is 5.73 Å². The highest BCUT2D eigenvalue weighted by Crippen LogP contribution is 2.05. The molecule has 1 amide bonds. The number of allylic oxidation sites excluding steroid dienone is 2. The first kappa shape index (κ1) is 12.2. The van der Waals surface area contributed by atoms with E-state index in [1.165, 1.54) is 6.08 Å². The Balaban J connectivity index is 5.08. The van der Waals surface area contributed by atoms with Crippen LogP contribution in [-0.2, 0) is 4.79 Å². The quantitative estimate of drug-likeness (QED) is 0.413. The first-order valence-corrected chi connectivity index (χ1v) is 4.29. The van der Waals surface area contributed by atoms with Crippen LogP contribution < -0.4 is 5.73 Å². The number of nitrogens with two attached hydrogens (primary N) is 1. The van der Waals surface area contributed by atoms with Gasteiger partial charge >= 0.3 is 0 Å². The molecule has 0 rings (SSSR count). The number of hydrogen-bond acceptors (Lipinski definition) is 1. The number of rotatable bonds is 3. The number of carbonyl (C=O) groups is 1. The molecule has 0 radical (unpaired) electrons. The fraction of sp³-hybridized carbons (Fsp3) is 0.250. The molecule has 2 N–H and O–H groups in total. The lowest BCUT2D eigenvalue weighted by molar-refractivity contribution is -0.114. The monoisotopic (exact) mass is 189 g/mol. The molecule has 0 aromatic rings. The number of hydrogen-bond donors (Lipinski definition) is 1. The molecule has 0 unspecified atom stereocenters. The van der Waals surface area contributed by atoms with Crippen molar-refractivity contribution < 1.29 is 4.79 Å². The highest BCUT2D eigenvalue weighted by molar-refractivity contribution is 5.94. The van der Waals surface area contributed by atoms with Gasteiger partial charge in [0.2, 0.25) is 0 Å². The standard InChI is InChI=1S/C12H15NO/c1-5-9(3)10(4)7-8-11(6-2)12(13)14/h5,8H,2H2,1,3-4H3,(H2,13,14)/b9-5-. The second kappa shape index (κ2) is 5.82. The van der Waals surface area contributed by atoms with Gasteiger partial charge in [-0.2, -0.15) is 0 Å². The van der Waals surface area contributed by atoms with Gasteiger partial charge in [0.15, 0.2) is 0 Å². The van der Waals surface area contributed by atoms with Crippen molar-refractivity contribution in [1.82, 2.24) is 0 Å². The van der Waals surface area contributed by atoms with Gasteiger partial charge in [0.25, 0.3) is 5.91 Å². The van der Waals surface area contributed by atoms with Gasteiger partial charge in [0.05, 0.1) is 5.57 Å². The van der Waals surface area contributed by atoms with Gasteiger partial charge in [-0.25, -0.2) is 0 Å². The van der Waals surface area contributed by atoms with E-state index in [2.05, 4.69) is 18.0 Å². The third-order valence-electron chi connectivity index (χ3n) is 1.91. The summed E-state index contributed by atoms with van der Waals surface area (Å²) in [5.41, 5.74) is 12.8. The topological polar surface area (TPSA) is 43.1 Å². The van der Waals surface area contributed by atoms with E-state index in [1.807, 2.05) is 26.8 Å². The lowest BCUT2D eigenvalue weighted by Gasteiger charge is -1.94. The van der Waals surface area contributed by atoms with E-state index in [4.69, 9.17) is 5.73 Å². The molecule has 74 valence electrons. The summed E-state index contributed by atoms with van der Waals surface area (Å²) in [6.45, 7) is 9.19. The first-order chi connectivity index (χ1) is 6.52. The van der Waals surface area contributed by atoms with Gasteiger partial charge in [-0.1, -0.05) is 12.7 Å². The molecule has 0 atom stereocenters. The zero-order valence-electron chi connectivity index (χ0n) is 8.85. The van der Waals surface area contributed by atoms with Crippen LogP contribution in [0.5, 0.6) is 0 Å². The number of amides is 1. The highest BCUT2D eigenvalue weighted by atomic mass is 16.1. The minimum Gasteiger partial charge on any atom is -0.365 e. The molecule has 0 aliphatic rings. The van der Waals surface area contributed by atoms with Crippen LogP contribution >= 0.6 is 0 Å². The number of primary amides is 1. The van der Waals surface area contributed by atoms with Crippen LogP contribution in [0.4, 0.5) is 0 Å². The predicted molar refractivity (Wildman–Crippen MR) is 58.5 cm³/mol. The summed E-state index contributed by atoms with van der Waals surface area (Å²) >= 11 is 0. The Morgan fingerprint density at radius 2 is 2.00 bits per heavy atom. The maximum Gasteiger partial charge on any atom is 0.257 e. The van der Waals surface area contributed by atoms with Crippen LogP contribution in [0, 0.1) is 0 Å². The molecule has 0 heterocycles. The van der Waals surface area contributed by atoms with Crippen LogP contribution in [0.2, 0.25) is 0 Å². The molecule has 2 heteroatoms. The summed E-state index contributed by atoms with van der Waals surface area (Å²) < 4.78 is 0. The van der Waals surface area contributed by atoms with Crippen LogP contribution in [0.3, 0.4) is 0 Å². The van der Waals surface area contributed by atoms with Crippen LogP contribution in [-0.4, -0.2) is 5.91 Å². The van der Waals surface area contributed by atoms with Gasteiger partial charge in [-0.3, -0.25) is 4.79 Å². The van der Waals surface area contributed by atoms with E-state index in [0.29, 0.717) is 0 Å². The minimum atomic E-state index is -0.543. The fourth-order valence-electron chi connectivity index (χ4n) is 0.720. The van der Waals surface area contributed by atoms with Crippen molar-refractivity contribution in [3.63, 3.8) is 0 Å². The summed E-state index contributed by atoms with van der Waals surface area (Å²) in [7, 11) is 0. The maximum atomic E-state index is 10.8. The second-order valence-corrected chi connectivity index (χ2v) is 2.84. The average molecular weight is 189 g/mol. The Hall–Kier alpha value is -1.75. The van der Waals surface area contributed by atoms with Crippen molar-refractivity contribution in [2.75, 3.05) is 0 Å². The Labute approximate surface area is 84.8 Å². The Morgan fingerprint density at radius 1 is 1.43 bits per heavy atom. The summed E-state index contributed by atoms with van der Waals surface area (Å²) in [6.07, 6.45) is 3.47. The largest absolute Gasteiger partial charge is 0.365 e. The van der Waals surface area contributed by atoms with Crippen molar-refractivity contribution in [1.29, 1.82) is 0 Å². The van der Waals surface area contributed by atoms with E-state index >= 15 is 0 Å². The SMILES string of the molecule is C=C=C(C=C=C(C)/C(C)=C\C)C(N)=O. The molecule has 0 aliphatic carbocycles. The van der Waals surface area contributed by atoms with E-state index in [0.717, 1.165) is 11.1 Å². The fourth-order valence-corrected chi connectivity index (χ4v) is 0.720. The summed E-state index contributed by atoms with van der Waals surface area (Å²) in [5, 5.41) is 0. The average Bonchev–Trinajstić information content (AvgIpc) is 2.16. The van der Waals surface area contributed by atoms with E-state index in [9.17, 15) is 4.79 Å². The molecule has 0 aromatic carbocycles. The molecule has 2 nitrogen and oxygen atoms in total. The van der Waals surface area contributed by atoms with Crippen LogP contribution in [0.1, 0.15) is 20.8 Å². The van der Waals surface area contributed by atoms with Crippen LogP contribution in [0.15, 0.2) is 46.9 Å². The van der Waals surface area contributed by atoms with Crippen molar-refractivity contribution >= 4 is 5.91 Å². The molecular weight excluding hydrogens is 174 g/mol. The Bertz CT molecular complexity index is 373. The molecule has 0 spiro atoms. The zero-order valence-corrected chi connectivity index (χ0v) is 8.85. The lowest BCUT2D eigenvalue weighted by atomic mass is 10.1. The predicted octanol–water partition coefficient (Wildman–Crippen LogP) is 2.25. The van der Waals surface area contributed by atoms with Gasteiger partial charge in [0, 0.05) is 6.08 Å². The summed E-state index contributed by atoms with van der Waals surface area (Å²) in [4.78, 5) is 10.8. The molecule has 14 heavy (non-hydrogen) atoms. The van der Waals surface area contributed by atoms with Gasteiger partial charge < -0.3 is 5.73 Å². The Morgan fingerprint density at radius 3 is 2.36 bits per heavy atom. The molecule has 0 aliphatic heterocycles. The van der Waals surface area contributed by atoms with Gasteiger partial charge in [-0.15, -0.1) is 11.5 Å². The van der Waals surface area contributed by atoms with E-state index in [-0.39, 0.29) is 5.57 Å². The molecule has 0 bridgehead atoms. The van der Waals surface area contributed by atoms with Crippen LogP contribution in [0.25, 0.3) is 0 Å². The number of carbonyl (C=O) groups excluding carboxylic acids is 1. The highest BCUT2D eigenvalue weighted by Gasteiger charge is 1.96. The second-order valence-electron chi connectivity index (χ2n) is 2.84. The molecule has 0 saturated carbocycles. The van der Waals surface area contributed by atoms with E-state index < -0.39 is 5.91 Å². The van der Waals surface area contributed by atoms with Crippen molar-refractivity contribution in [2.45, 2.75) is 20.8 Å². The summed E-state index contributed by atoms with van der Waals surface area (Å²) in [5.74, 6) is -0.543. The lowest BCUT2D eigenvalue weighted by Crippen LogP contribution is -2.11. The molecular formula is C12H15NO. The van der Waals surface area contributed by atoms with Gasteiger partial charge in [0.1, 0.15) is 0 Å². The minimum absolute atomic E-state index is 0.244. The zero-order chi connectivity index (χ0) is 11.1. The smallest absolute Gasteiger partial charge is 0.257 e. The normalized spacial score (nSPS) is 9.79. The molecule has 0 saturated heterocycles. The van der Waals surface area contributed by atoms with Crippen molar-refractivity contribution in [3.8, 4) is 0 Å². The summed E-state index contributed by atoms with van der Waals surface area (Å²) in [6, 6.07) is 0. The van der Waals surface area contributed by atoms with Crippen molar-refractivity contribution in [3.05, 3.63) is 46.9 Å². The Kier molecular flexibility index (Phi) is 5.09. The maximum absolute atomic E-state index is 10.8. The van der Waals surface area contributed by atoms with E-state index in [1.54, 1.807) is 0 Å².